The highest BCUT2D eigenvalue weighted by Gasteiger charge is 2.16. The molecule has 3 nitrogen and oxygen atoms in total. The van der Waals surface area contributed by atoms with Crippen molar-refractivity contribution >= 4 is 17.7 Å². The number of hydrogen-bond donors (Lipinski definition) is 0. The van der Waals surface area contributed by atoms with Crippen LogP contribution >= 0.6 is 11.8 Å². The standard InChI is InChI=1S/C18H21FN2OS/c1-20(2)11-12-21(3)18(22)16-9-4-5-10-17(16)23-15-8-6-7-14(19)13-15/h4-10,13H,11-12H2,1-3H3. The Labute approximate surface area is 141 Å². The number of hydrogen-bond acceptors (Lipinski definition) is 3. The van der Waals surface area contributed by atoms with Crippen LogP contribution in [0.1, 0.15) is 10.4 Å². The van der Waals surface area contributed by atoms with Crippen molar-refractivity contribution in [3.8, 4) is 0 Å². The number of amides is 1. The lowest BCUT2D eigenvalue weighted by atomic mass is 10.2. The summed E-state index contributed by atoms with van der Waals surface area (Å²) in [5, 5.41) is 0. The molecule has 0 aliphatic heterocycles. The maximum absolute atomic E-state index is 13.3. The lowest BCUT2D eigenvalue weighted by Crippen LogP contribution is -2.33. The Morgan fingerprint density at radius 3 is 2.48 bits per heavy atom. The van der Waals surface area contributed by atoms with Gasteiger partial charge in [-0.2, -0.15) is 0 Å². The van der Waals surface area contributed by atoms with Gasteiger partial charge in [0.1, 0.15) is 5.82 Å². The highest BCUT2D eigenvalue weighted by Crippen LogP contribution is 2.31. The van der Waals surface area contributed by atoms with Crippen LogP contribution in [0, 0.1) is 5.82 Å². The van der Waals surface area contributed by atoms with Crippen molar-refractivity contribution in [1.82, 2.24) is 9.80 Å². The van der Waals surface area contributed by atoms with E-state index in [1.807, 2.05) is 49.3 Å². The minimum absolute atomic E-state index is 0.0219. The number of carbonyl (C=O) groups excluding carboxylic acids is 1. The van der Waals surface area contributed by atoms with Gasteiger partial charge in [0.15, 0.2) is 0 Å². The first-order valence-electron chi connectivity index (χ1n) is 7.40. The van der Waals surface area contributed by atoms with E-state index < -0.39 is 0 Å². The number of benzene rings is 2. The molecule has 0 aliphatic rings. The summed E-state index contributed by atoms with van der Waals surface area (Å²) in [5.41, 5.74) is 0.642. The van der Waals surface area contributed by atoms with Gasteiger partial charge < -0.3 is 9.80 Å². The van der Waals surface area contributed by atoms with Crippen LogP contribution < -0.4 is 0 Å². The number of likely N-dealkylation sites (N-methyl/N-ethyl adjacent to an activating group) is 2. The Bertz CT molecular complexity index is 676. The second kappa shape index (κ2) is 8.13. The summed E-state index contributed by atoms with van der Waals surface area (Å²) in [7, 11) is 5.76. The number of carbonyl (C=O) groups is 1. The zero-order chi connectivity index (χ0) is 16.8. The Morgan fingerprint density at radius 1 is 1.04 bits per heavy atom. The lowest BCUT2D eigenvalue weighted by molar-refractivity contribution is 0.0783. The Balaban J connectivity index is 2.18. The molecule has 0 saturated heterocycles. The smallest absolute Gasteiger partial charge is 0.254 e. The van der Waals surface area contributed by atoms with E-state index in [0.29, 0.717) is 12.1 Å². The Kier molecular flexibility index (Phi) is 6.19. The van der Waals surface area contributed by atoms with Crippen LogP contribution in [0.25, 0.3) is 0 Å². The Hall–Kier alpha value is -1.85. The van der Waals surface area contributed by atoms with E-state index in [0.717, 1.165) is 16.3 Å². The van der Waals surface area contributed by atoms with Crippen LogP contribution in [-0.4, -0.2) is 49.9 Å². The summed E-state index contributed by atoms with van der Waals surface area (Å²) in [6.07, 6.45) is 0. The summed E-state index contributed by atoms with van der Waals surface area (Å²) in [6, 6.07) is 13.8. The van der Waals surface area contributed by atoms with Crippen molar-refractivity contribution in [2.24, 2.45) is 0 Å². The molecule has 0 saturated carbocycles. The minimum Gasteiger partial charge on any atom is -0.340 e. The highest BCUT2D eigenvalue weighted by atomic mass is 32.2. The predicted octanol–water partition coefficient (Wildman–Crippen LogP) is 3.61. The molecule has 0 aromatic heterocycles. The molecule has 122 valence electrons. The first-order valence-corrected chi connectivity index (χ1v) is 8.21. The highest BCUT2D eigenvalue weighted by molar-refractivity contribution is 7.99. The third kappa shape index (κ3) is 5.08. The molecule has 0 unspecified atom stereocenters. The molecule has 0 fully saturated rings. The first-order chi connectivity index (χ1) is 11.0. The van der Waals surface area contributed by atoms with Gasteiger partial charge in [-0.3, -0.25) is 4.79 Å². The quantitative estimate of drug-likeness (QED) is 0.807. The predicted molar refractivity (Wildman–Crippen MR) is 92.5 cm³/mol. The molecule has 0 N–H and O–H groups in total. The average molecular weight is 332 g/mol. The fraction of sp³-hybridized carbons (Fsp3) is 0.278. The van der Waals surface area contributed by atoms with Gasteiger partial charge in [0.05, 0.1) is 5.56 Å². The van der Waals surface area contributed by atoms with Crippen LogP contribution in [0.4, 0.5) is 4.39 Å². The van der Waals surface area contributed by atoms with Crippen molar-refractivity contribution in [2.75, 3.05) is 34.2 Å². The molecule has 0 spiro atoms. The van der Waals surface area contributed by atoms with Crippen molar-refractivity contribution < 1.29 is 9.18 Å². The zero-order valence-corrected chi connectivity index (χ0v) is 14.4. The molecule has 0 bridgehead atoms. The maximum atomic E-state index is 13.3. The molecule has 0 radical (unpaired) electrons. The van der Waals surface area contributed by atoms with E-state index in [4.69, 9.17) is 0 Å². The van der Waals surface area contributed by atoms with Crippen LogP contribution in [0.3, 0.4) is 0 Å². The molecule has 2 aromatic carbocycles. The van der Waals surface area contributed by atoms with Gasteiger partial charge in [0.25, 0.3) is 5.91 Å². The molecule has 1 amide bonds. The molecule has 2 aromatic rings. The third-order valence-electron chi connectivity index (χ3n) is 3.37. The fourth-order valence-electron chi connectivity index (χ4n) is 2.05. The number of nitrogens with zero attached hydrogens (tertiary/aromatic N) is 2. The molecule has 23 heavy (non-hydrogen) atoms. The van der Waals surface area contributed by atoms with E-state index in [1.165, 1.54) is 23.9 Å². The average Bonchev–Trinajstić information content (AvgIpc) is 2.52. The fourth-order valence-corrected chi connectivity index (χ4v) is 3.03. The van der Waals surface area contributed by atoms with Gasteiger partial charge >= 0.3 is 0 Å². The summed E-state index contributed by atoms with van der Waals surface area (Å²) in [5.74, 6) is -0.298. The van der Waals surface area contributed by atoms with Crippen molar-refractivity contribution in [1.29, 1.82) is 0 Å². The normalized spacial score (nSPS) is 10.8. The van der Waals surface area contributed by atoms with Gasteiger partial charge in [-0.25, -0.2) is 4.39 Å². The number of halogens is 1. The van der Waals surface area contributed by atoms with Crippen molar-refractivity contribution in [3.63, 3.8) is 0 Å². The van der Waals surface area contributed by atoms with Gasteiger partial charge in [-0.05, 0) is 44.4 Å². The Morgan fingerprint density at radius 2 is 1.78 bits per heavy atom. The molecular weight excluding hydrogens is 311 g/mol. The van der Waals surface area contributed by atoms with E-state index in [1.54, 1.807) is 18.0 Å². The van der Waals surface area contributed by atoms with Gasteiger partial charge in [-0.15, -0.1) is 0 Å². The summed E-state index contributed by atoms with van der Waals surface area (Å²) >= 11 is 1.40. The van der Waals surface area contributed by atoms with Crippen LogP contribution in [-0.2, 0) is 0 Å². The van der Waals surface area contributed by atoms with Gasteiger partial charge in [-0.1, -0.05) is 30.0 Å². The second-order valence-electron chi connectivity index (χ2n) is 5.59. The van der Waals surface area contributed by atoms with Crippen LogP contribution in [0.15, 0.2) is 58.3 Å². The van der Waals surface area contributed by atoms with E-state index in [2.05, 4.69) is 0 Å². The van der Waals surface area contributed by atoms with E-state index in [-0.39, 0.29) is 11.7 Å². The zero-order valence-electron chi connectivity index (χ0n) is 13.6. The van der Waals surface area contributed by atoms with Crippen molar-refractivity contribution in [2.45, 2.75) is 9.79 Å². The van der Waals surface area contributed by atoms with Crippen LogP contribution in [0.2, 0.25) is 0 Å². The first kappa shape index (κ1) is 17.5. The summed E-state index contributed by atoms with van der Waals surface area (Å²) in [4.78, 5) is 18.0. The van der Waals surface area contributed by atoms with Gasteiger partial charge in [0, 0.05) is 29.9 Å². The van der Waals surface area contributed by atoms with Gasteiger partial charge in [0.2, 0.25) is 0 Å². The SMILES string of the molecule is CN(C)CCN(C)C(=O)c1ccccc1Sc1cccc(F)c1. The molecule has 0 aliphatic carbocycles. The molecule has 2 rings (SSSR count). The second-order valence-corrected chi connectivity index (χ2v) is 6.70. The van der Waals surface area contributed by atoms with Crippen molar-refractivity contribution in [3.05, 3.63) is 59.9 Å². The monoisotopic (exact) mass is 332 g/mol. The minimum atomic E-state index is -0.276. The molecule has 0 atom stereocenters. The molecule has 0 heterocycles. The third-order valence-corrected chi connectivity index (χ3v) is 4.44. The number of rotatable bonds is 6. The lowest BCUT2D eigenvalue weighted by Gasteiger charge is -2.21. The topological polar surface area (TPSA) is 23.6 Å². The maximum Gasteiger partial charge on any atom is 0.254 e. The van der Waals surface area contributed by atoms with E-state index >= 15 is 0 Å². The molecular formula is C18H21FN2OS. The summed E-state index contributed by atoms with van der Waals surface area (Å²) < 4.78 is 13.3. The largest absolute Gasteiger partial charge is 0.340 e. The van der Waals surface area contributed by atoms with E-state index in [9.17, 15) is 9.18 Å². The van der Waals surface area contributed by atoms with Crippen LogP contribution in [0.5, 0.6) is 0 Å². The summed E-state index contributed by atoms with van der Waals surface area (Å²) in [6.45, 7) is 1.46. The molecule has 5 heteroatoms.